The highest BCUT2D eigenvalue weighted by molar-refractivity contribution is 5.82. The Balaban J connectivity index is 4.20. The minimum atomic E-state index is -1.07. The van der Waals surface area contributed by atoms with Crippen molar-refractivity contribution in [3.63, 3.8) is 0 Å². The van der Waals surface area contributed by atoms with Crippen LogP contribution in [0.3, 0.4) is 0 Å². The smallest absolute Gasteiger partial charge is 0.326 e. The first-order valence-electron chi connectivity index (χ1n) is 5.80. The molecule has 0 saturated carbocycles. The Morgan fingerprint density at radius 3 is 2.56 bits per heavy atom. The molecule has 0 aromatic carbocycles. The second-order valence-electron chi connectivity index (χ2n) is 3.77. The number of amides is 2. The molecule has 0 heterocycles. The fraction of sp³-hybridized carbons (Fsp3) is 0.667. The van der Waals surface area contributed by atoms with Gasteiger partial charge in [-0.15, -0.1) is 6.42 Å². The lowest BCUT2D eigenvalue weighted by atomic mass is 10.1. The number of hydrogen-bond acceptors (Lipinski definition) is 3. The fourth-order valence-electron chi connectivity index (χ4n) is 1.31. The molecule has 0 aromatic heterocycles. The molecule has 0 aliphatic rings. The normalized spacial score (nSPS) is 13.2. The number of aliphatic carboxylic acids is 1. The van der Waals surface area contributed by atoms with Gasteiger partial charge in [-0.3, -0.25) is 0 Å². The number of ether oxygens (including phenoxy) is 1. The zero-order chi connectivity index (χ0) is 14.0. The van der Waals surface area contributed by atoms with E-state index < -0.39 is 24.1 Å². The van der Waals surface area contributed by atoms with Crippen molar-refractivity contribution < 1.29 is 19.4 Å². The average molecular weight is 256 g/mol. The van der Waals surface area contributed by atoms with Crippen LogP contribution in [0.2, 0.25) is 0 Å². The number of carbonyl (C=O) groups is 2. The van der Waals surface area contributed by atoms with Crippen LogP contribution in [-0.2, 0) is 9.53 Å². The van der Waals surface area contributed by atoms with E-state index in [2.05, 4.69) is 16.6 Å². The minimum Gasteiger partial charge on any atom is -0.480 e. The Morgan fingerprint density at radius 2 is 2.11 bits per heavy atom. The predicted molar refractivity (Wildman–Crippen MR) is 67.1 cm³/mol. The number of nitrogens with one attached hydrogen (secondary N) is 2. The summed E-state index contributed by atoms with van der Waals surface area (Å²) in [5.41, 5.74) is 0. The second kappa shape index (κ2) is 9.31. The van der Waals surface area contributed by atoms with Crippen LogP contribution in [0.1, 0.15) is 26.2 Å². The summed E-state index contributed by atoms with van der Waals surface area (Å²) in [5.74, 6) is 1.32. The van der Waals surface area contributed by atoms with E-state index in [1.54, 1.807) is 0 Å². The first-order chi connectivity index (χ1) is 8.54. The molecule has 0 spiro atoms. The standard InChI is InChI=1S/C12H20N2O4/c1-4-9(5-2)13-12(17)14-10(11(15)16)7-6-8-18-3/h1,9-10H,5-8H2,2-3H3,(H,15,16)(H2,13,14,17). The quantitative estimate of drug-likeness (QED) is 0.438. The van der Waals surface area contributed by atoms with Gasteiger partial charge in [-0.2, -0.15) is 0 Å². The van der Waals surface area contributed by atoms with Gasteiger partial charge < -0.3 is 20.5 Å². The average Bonchev–Trinajstić information content (AvgIpc) is 2.34. The molecule has 2 amide bonds. The maximum absolute atomic E-state index is 11.5. The molecule has 6 heteroatoms. The van der Waals surface area contributed by atoms with Crippen LogP contribution >= 0.6 is 0 Å². The Labute approximate surface area is 107 Å². The lowest BCUT2D eigenvalue weighted by Crippen LogP contribution is -2.48. The SMILES string of the molecule is C#CC(CC)NC(=O)NC(CCCOC)C(=O)O. The van der Waals surface area contributed by atoms with Crippen molar-refractivity contribution in [3.8, 4) is 12.3 Å². The minimum absolute atomic E-state index is 0.309. The largest absolute Gasteiger partial charge is 0.480 e. The van der Waals surface area contributed by atoms with E-state index >= 15 is 0 Å². The van der Waals surface area contributed by atoms with Crippen LogP contribution in [0.4, 0.5) is 4.79 Å². The highest BCUT2D eigenvalue weighted by Gasteiger charge is 2.20. The molecule has 0 aromatic rings. The van der Waals surface area contributed by atoms with Crippen molar-refractivity contribution in [2.45, 2.75) is 38.3 Å². The first-order valence-corrected chi connectivity index (χ1v) is 5.80. The Bertz CT molecular complexity index is 312. The van der Waals surface area contributed by atoms with Crippen molar-refractivity contribution in [1.29, 1.82) is 0 Å². The third kappa shape index (κ3) is 6.76. The summed E-state index contributed by atoms with van der Waals surface area (Å²) in [6.07, 6.45) is 6.65. The summed E-state index contributed by atoms with van der Waals surface area (Å²) in [7, 11) is 1.54. The van der Waals surface area contributed by atoms with Crippen LogP contribution in [-0.4, -0.2) is 42.9 Å². The molecular weight excluding hydrogens is 236 g/mol. The summed E-state index contributed by atoms with van der Waals surface area (Å²) < 4.78 is 4.83. The number of carboxylic acids is 1. The summed E-state index contributed by atoms with van der Waals surface area (Å²) in [5, 5.41) is 13.8. The van der Waals surface area contributed by atoms with Crippen molar-refractivity contribution in [2.75, 3.05) is 13.7 Å². The van der Waals surface area contributed by atoms with E-state index in [1.807, 2.05) is 6.92 Å². The monoisotopic (exact) mass is 256 g/mol. The molecular formula is C12H20N2O4. The molecule has 0 bridgehead atoms. The zero-order valence-corrected chi connectivity index (χ0v) is 10.7. The van der Waals surface area contributed by atoms with Gasteiger partial charge in [0.2, 0.25) is 0 Å². The van der Waals surface area contributed by atoms with E-state index in [-0.39, 0.29) is 0 Å². The van der Waals surface area contributed by atoms with Crippen LogP contribution in [0.5, 0.6) is 0 Å². The van der Waals surface area contributed by atoms with Crippen LogP contribution in [0.15, 0.2) is 0 Å². The van der Waals surface area contributed by atoms with Gasteiger partial charge in [0, 0.05) is 13.7 Å². The molecule has 0 saturated heterocycles. The highest BCUT2D eigenvalue weighted by atomic mass is 16.5. The molecule has 0 rings (SSSR count). The summed E-state index contributed by atoms with van der Waals surface area (Å²) >= 11 is 0. The Morgan fingerprint density at radius 1 is 1.44 bits per heavy atom. The third-order valence-electron chi connectivity index (χ3n) is 2.36. The number of hydrogen-bond donors (Lipinski definition) is 3. The third-order valence-corrected chi connectivity index (χ3v) is 2.36. The van der Waals surface area contributed by atoms with Gasteiger partial charge in [0.25, 0.3) is 0 Å². The molecule has 0 fully saturated rings. The molecule has 0 aliphatic heterocycles. The predicted octanol–water partition coefficient (Wildman–Crippen LogP) is 0.577. The topological polar surface area (TPSA) is 87.7 Å². The molecule has 6 nitrogen and oxygen atoms in total. The van der Waals surface area contributed by atoms with E-state index in [4.69, 9.17) is 16.3 Å². The number of rotatable bonds is 8. The molecule has 0 radical (unpaired) electrons. The van der Waals surface area contributed by atoms with Gasteiger partial charge in [-0.25, -0.2) is 9.59 Å². The van der Waals surface area contributed by atoms with Gasteiger partial charge >= 0.3 is 12.0 Å². The van der Waals surface area contributed by atoms with Gasteiger partial charge in [-0.05, 0) is 19.3 Å². The van der Waals surface area contributed by atoms with Crippen molar-refractivity contribution in [3.05, 3.63) is 0 Å². The molecule has 3 N–H and O–H groups in total. The Kier molecular flexibility index (Phi) is 8.41. The molecule has 2 atom stereocenters. The maximum Gasteiger partial charge on any atom is 0.326 e. The van der Waals surface area contributed by atoms with Gasteiger partial charge in [0.05, 0.1) is 6.04 Å². The number of urea groups is 1. The highest BCUT2D eigenvalue weighted by Crippen LogP contribution is 1.98. The summed E-state index contributed by atoms with van der Waals surface area (Å²) in [4.78, 5) is 22.4. The number of carboxylic acid groups (broad SMARTS) is 1. The van der Waals surface area contributed by atoms with Gasteiger partial charge in [-0.1, -0.05) is 12.8 Å². The first kappa shape index (κ1) is 16.3. The molecule has 0 aliphatic carbocycles. The number of carbonyl (C=O) groups excluding carboxylic acids is 1. The summed E-state index contributed by atoms with van der Waals surface area (Å²) in [6, 6.07) is -1.89. The van der Waals surface area contributed by atoms with E-state index in [9.17, 15) is 9.59 Å². The Hall–Kier alpha value is -1.74. The molecule has 18 heavy (non-hydrogen) atoms. The fourth-order valence-corrected chi connectivity index (χ4v) is 1.31. The number of terminal acetylenes is 1. The van der Waals surface area contributed by atoms with E-state index in [0.29, 0.717) is 25.9 Å². The second-order valence-corrected chi connectivity index (χ2v) is 3.77. The van der Waals surface area contributed by atoms with Crippen molar-refractivity contribution >= 4 is 12.0 Å². The van der Waals surface area contributed by atoms with Gasteiger partial charge in [0.15, 0.2) is 0 Å². The van der Waals surface area contributed by atoms with Crippen molar-refractivity contribution in [1.82, 2.24) is 10.6 Å². The lowest BCUT2D eigenvalue weighted by Gasteiger charge is -2.17. The van der Waals surface area contributed by atoms with Crippen LogP contribution in [0, 0.1) is 12.3 Å². The van der Waals surface area contributed by atoms with E-state index in [1.165, 1.54) is 7.11 Å². The zero-order valence-electron chi connectivity index (χ0n) is 10.7. The maximum atomic E-state index is 11.5. The molecule has 102 valence electrons. The number of methoxy groups -OCH3 is 1. The van der Waals surface area contributed by atoms with Gasteiger partial charge in [0.1, 0.15) is 6.04 Å². The van der Waals surface area contributed by atoms with Crippen LogP contribution < -0.4 is 10.6 Å². The van der Waals surface area contributed by atoms with Crippen LogP contribution in [0.25, 0.3) is 0 Å². The van der Waals surface area contributed by atoms with E-state index in [0.717, 1.165) is 0 Å². The summed E-state index contributed by atoms with van der Waals surface area (Å²) in [6.45, 7) is 2.28. The molecule has 2 unspecified atom stereocenters. The van der Waals surface area contributed by atoms with Crippen molar-refractivity contribution in [2.24, 2.45) is 0 Å². The lowest BCUT2D eigenvalue weighted by molar-refractivity contribution is -0.139.